The van der Waals surface area contributed by atoms with Crippen LogP contribution in [0.5, 0.6) is 17.2 Å². The van der Waals surface area contributed by atoms with Crippen LogP contribution in [0.1, 0.15) is 22.8 Å². The second kappa shape index (κ2) is 11.2. The van der Waals surface area contributed by atoms with Crippen molar-refractivity contribution in [3.8, 4) is 17.2 Å². The van der Waals surface area contributed by atoms with E-state index in [0.717, 1.165) is 23.3 Å². The summed E-state index contributed by atoms with van der Waals surface area (Å²) in [5.41, 5.74) is 3.11. The molecule has 2 fully saturated rings. The molecule has 7 nitrogen and oxygen atoms in total. The molecule has 3 aromatic carbocycles. The zero-order valence-corrected chi connectivity index (χ0v) is 21.6. The highest BCUT2D eigenvalue weighted by Crippen LogP contribution is 2.41. The maximum Gasteiger partial charge on any atom is 0.230 e. The normalized spacial score (nSPS) is 23.3. The number of benzene rings is 3. The standard InChI is InChI=1S/C30H34N2O5/c1-34-23-12-9-21(10-13-23)29-27-28(31-15-16-37-29)25(17-20-7-5-4-6-8-20)32(30(27)33)19-22-11-14-24(35-2)18-26(22)36-3/h4-14,18,25,27-29,31H,15-17,19H2,1-3H3. The third kappa shape index (κ3) is 5.15. The Labute approximate surface area is 218 Å². The van der Waals surface area contributed by atoms with E-state index in [0.29, 0.717) is 31.2 Å². The van der Waals surface area contributed by atoms with E-state index in [4.69, 9.17) is 18.9 Å². The predicted octanol–water partition coefficient (Wildman–Crippen LogP) is 4.01. The number of hydrogen-bond donors (Lipinski definition) is 1. The molecule has 0 saturated carbocycles. The molecule has 1 N–H and O–H groups in total. The van der Waals surface area contributed by atoms with Crippen LogP contribution in [0.4, 0.5) is 0 Å². The minimum atomic E-state index is -0.353. The van der Waals surface area contributed by atoms with Crippen molar-refractivity contribution in [3.05, 3.63) is 89.5 Å². The van der Waals surface area contributed by atoms with Gasteiger partial charge in [-0.15, -0.1) is 0 Å². The summed E-state index contributed by atoms with van der Waals surface area (Å²) in [5.74, 6) is 1.93. The minimum absolute atomic E-state index is 0.0471. The highest BCUT2D eigenvalue weighted by Gasteiger charge is 2.52. The number of hydrogen-bond acceptors (Lipinski definition) is 6. The fraction of sp³-hybridized carbons (Fsp3) is 0.367. The van der Waals surface area contributed by atoms with Gasteiger partial charge in [-0.3, -0.25) is 4.79 Å². The van der Waals surface area contributed by atoms with Crippen molar-refractivity contribution in [2.45, 2.75) is 31.2 Å². The molecule has 3 aromatic rings. The molecule has 0 radical (unpaired) electrons. The van der Waals surface area contributed by atoms with Gasteiger partial charge >= 0.3 is 0 Å². The molecule has 1 amide bonds. The second-order valence-electron chi connectivity index (χ2n) is 9.47. The van der Waals surface area contributed by atoms with Gasteiger partial charge in [-0.25, -0.2) is 0 Å². The van der Waals surface area contributed by atoms with Crippen LogP contribution in [0.3, 0.4) is 0 Å². The number of fused-ring (bicyclic) bond motifs is 1. The first kappa shape index (κ1) is 25.1. The van der Waals surface area contributed by atoms with Crippen LogP contribution in [-0.4, -0.2) is 57.4 Å². The molecule has 4 atom stereocenters. The molecule has 194 valence electrons. The van der Waals surface area contributed by atoms with E-state index in [1.54, 1.807) is 21.3 Å². The highest BCUT2D eigenvalue weighted by molar-refractivity contribution is 5.84. The Morgan fingerprint density at radius 2 is 1.65 bits per heavy atom. The lowest BCUT2D eigenvalue weighted by Crippen LogP contribution is -2.46. The number of amides is 1. The Balaban J connectivity index is 1.52. The van der Waals surface area contributed by atoms with Crippen molar-refractivity contribution in [1.29, 1.82) is 0 Å². The van der Waals surface area contributed by atoms with Gasteiger partial charge in [0.15, 0.2) is 0 Å². The lowest BCUT2D eigenvalue weighted by molar-refractivity contribution is -0.136. The van der Waals surface area contributed by atoms with Crippen molar-refractivity contribution in [2.24, 2.45) is 5.92 Å². The third-order valence-corrected chi connectivity index (χ3v) is 7.44. The van der Waals surface area contributed by atoms with Gasteiger partial charge in [-0.1, -0.05) is 42.5 Å². The molecule has 2 saturated heterocycles. The Kier molecular flexibility index (Phi) is 7.63. The smallest absolute Gasteiger partial charge is 0.230 e. The van der Waals surface area contributed by atoms with Crippen molar-refractivity contribution in [1.82, 2.24) is 10.2 Å². The van der Waals surface area contributed by atoms with Crippen LogP contribution in [0, 0.1) is 5.92 Å². The van der Waals surface area contributed by atoms with Gasteiger partial charge in [-0.05, 0) is 41.8 Å². The Morgan fingerprint density at radius 1 is 0.919 bits per heavy atom. The lowest BCUT2D eigenvalue weighted by atomic mass is 9.87. The average Bonchev–Trinajstić information content (AvgIpc) is 3.08. The number of likely N-dealkylation sites (tertiary alicyclic amines) is 1. The molecule has 0 aliphatic carbocycles. The predicted molar refractivity (Wildman–Crippen MR) is 141 cm³/mol. The number of nitrogens with zero attached hydrogens (tertiary/aromatic N) is 1. The fourth-order valence-electron chi connectivity index (χ4n) is 5.59. The Morgan fingerprint density at radius 3 is 2.35 bits per heavy atom. The van der Waals surface area contributed by atoms with Crippen molar-refractivity contribution >= 4 is 5.91 Å². The summed E-state index contributed by atoms with van der Waals surface area (Å²) in [5, 5.41) is 3.67. The molecule has 0 spiro atoms. The first-order chi connectivity index (χ1) is 18.1. The zero-order valence-electron chi connectivity index (χ0n) is 21.6. The van der Waals surface area contributed by atoms with Gasteiger partial charge in [-0.2, -0.15) is 0 Å². The van der Waals surface area contributed by atoms with Crippen LogP contribution in [0.15, 0.2) is 72.8 Å². The first-order valence-electron chi connectivity index (χ1n) is 12.7. The van der Waals surface area contributed by atoms with Crippen LogP contribution in [0.25, 0.3) is 0 Å². The van der Waals surface area contributed by atoms with Crippen LogP contribution in [-0.2, 0) is 22.5 Å². The van der Waals surface area contributed by atoms with Crippen molar-refractivity contribution in [2.75, 3.05) is 34.5 Å². The topological polar surface area (TPSA) is 69.3 Å². The molecule has 37 heavy (non-hydrogen) atoms. The van der Waals surface area contributed by atoms with Crippen molar-refractivity contribution in [3.63, 3.8) is 0 Å². The van der Waals surface area contributed by atoms with Crippen molar-refractivity contribution < 1.29 is 23.7 Å². The largest absolute Gasteiger partial charge is 0.497 e. The van der Waals surface area contributed by atoms with E-state index >= 15 is 0 Å². The molecule has 0 aromatic heterocycles. The van der Waals surface area contributed by atoms with E-state index < -0.39 is 0 Å². The fourth-order valence-corrected chi connectivity index (χ4v) is 5.59. The lowest BCUT2D eigenvalue weighted by Gasteiger charge is -2.29. The molecule has 2 aliphatic heterocycles. The van der Waals surface area contributed by atoms with Crippen LogP contribution >= 0.6 is 0 Å². The Hall–Kier alpha value is -3.55. The molecular formula is C30H34N2O5. The van der Waals surface area contributed by atoms with Crippen LogP contribution in [0.2, 0.25) is 0 Å². The maximum absolute atomic E-state index is 14.2. The maximum atomic E-state index is 14.2. The summed E-state index contributed by atoms with van der Waals surface area (Å²) < 4.78 is 22.7. The summed E-state index contributed by atoms with van der Waals surface area (Å²) >= 11 is 0. The van der Waals surface area contributed by atoms with E-state index in [2.05, 4.69) is 17.4 Å². The third-order valence-electron chi connectivity index (χ3n) is 7.44. The summed E-state index contributed by atoms with van der Waals surface area (Å²) in [7, 11) is 4.93. The van der Waals surface area contributed by atoms with E-state index in [-0.39, 0.29) is 30.0 Å². The van der Waals surface area contributed by atoms with Gasteiger partial charge in [0.2, 0.25) is 5.91 Å². The van der Waals surface area contributed by atoms with Gasteiger partial charge in [0.05, 0.1) is 46.0 Å². The van der Waals surface area contributed by atoms with E-state index in [1.807, 2.05) is 65.6 Å². The molecule has 4 unspecified atom stereocenters. The summed E-state index contributed by atoms with van der Waals surface area (Å²) in [6, 6.07) is 23.8. The number of ether oxygens (including phenoxy) is 4. The molecule has 7 heteroatoms. The SMILES string of the molecule is COc1ccc(C2OCCNC3C2C(=O)N(Cc2ccc(OC)cc2OC)C3Cc2ccccc2)cc1. The monoisotopic (exact) mass is 502 g/mol. The Bertz CT molecular complexity index is 1200. The zero-order chi connectivity index (χ0) is 25.8. The van der Waals surface area contributed by atoms with Gasteiger partial charge < -0.3 is 29.2 Å². The molecule has 5 rings (SSSR count). The number of rotatable bonds is 8. The molecule has 2 aliphatic rings. The van der Waals surface area contributed by atoms with E-state index in [9.17, 15) is 4.79 Å². The highest BCUT2D eigenvalue weighted by atomic mass is 16.5. The number of carbonyl (C=O) groups is 1. The summed E-state index contributed by atoms with van der Waals surface area (Å²) in [6.45, 7) is 1.67. The number of methoxy groups -OCH3 is 3. The number of nitrogens with one attached hydrogen (secondary N) is 1. The van der Waals surface area contributed by atoms with E-state index in [1.165, 1.54) is 5.56 Å². The minimum Gasteiger partial charge on any atom is -0.497 e. The average molecular weight is 503 g/mol. The molecule has 0 bridgehead atoms. The number of carbonyl (C=O) groups excluding carboxylic acids is 1. The molecular weight excluding hydrogens is 468 g/mol. The quantitative estimate of drug-likeness (QED) is 0.502. The van der Waals surface area contributed by atoms with Gasteiger partial charge in [0.25, 0.3) is 0 Å². The van der Waals surface area contributed by atoms with Gasteiger partial charge in [0, 0.05) is 30.8 Å². The van der Waals surface area contributed by atoms with Crippen LogP contribution < -0.4 is 19.5 Å². The summed E-state index contributed by atoms with van der Waals surface area (Å²) in [6.07, 6.45) is 0.397. The van der Waals surface area contributed by atoms with Gasteiger partial charge in [0.1, 0.15) is 17.2 Å². The summed E-state index contributed by atoms with van der Waals surface area (Å²) in [4.78, 5) is 16.2. The first-order valence-corrected chi connectivity index (χ1v) is 12.7. The molecule has 2 heterocycles. The second-order valence-corrected chi connectivity index (χ2v) is 9.47.